The molecule has 0 fully saturated rings. The van der Waals surface area contributed by atoms with Gasteiger partial charge in [0.15, 0.2) is 5.65 Å². The summed E-state index contributed by atoms with van der Waals surface area (Å²) in [7, 11) is 3.76. The molecule has 0 saturated carbocycles. The predicted octanol–water partition coefficient (Wildman–Crippen LogP) is 1.29. The van der Waals surface area contributed by atoms with E-state index in [1.165, 1.54) is 17.9 Å². The molecule has 3 heterocycles. The summed E-state index contributed by atoms with van der Waals surface area (Å²) < 4.78 is 10.1. The lowest BCUT2D eigenvalue weighted by atomic mass is 10.2. The molecule has 0 saturated heterocycles. The molecule has 0 atom stereocenters. The van der Waals surface area contributed by atoms with E-state index in [1.54, 1.807) is 11.7 Å². The molecule has 122 valence electrons. The van der Waals surface area contributed by atoms with E-state index in [0.717, 1.165) is 23.1 Å². The Hall–Kier alpha value is -2.65. The fourth-order valence-electron chi connectivity index (χ4n) is 2.70. The minimum Gasteiger partial charge on any atom is -0.309 e. The van der Waals surface area contributed by atoms with Gasteiger partial charge in [0.25, 0.3) is 5.56 Å². The van der Waals surface area contributed by atoms with Crippen LogP contribution in [0.5, 0.6) is 0 Å². The molecule has 0 radical (unpaired) electrons. The predicted molar refractivity (Wildman–Crippen MR) is 91.7 cm³/mol. The van der Waals surface area contributed by atoms with Crippen LogP contribution in [0.1, 0.15) is 11.4 Å². The van der Waals surface area contributed by atoms with Crippen LogP contribution in [0.4, 0.5) is 0 Å². The lowest BCUT2D eigenvalue weighted by Crippen LogP contribution is -2.22. The third-order valence-electron chi connectivity index (χ3n) is 3.84. The fourth-order valence-corrected chi connectivity index (χ4v) is 3.22. The first kappa shape index (κ1) is 14.9. The van der Waals surface area contributed by atoms with E-state index < -0.39 is 0 Å². The van der Waals surface area contributed by atoms with Gasteiger partial charge in [-0.25, -0.2) is 4.98 Å². The molecule has 9 heteroatoms. The zero-order valence-electron chi connectivity index (χ0n) is 13.2. The highest BCUT2D eigenvalue weighted by Crippen LogP contribution is 2.15. The molecular formula is C15H15N7OS. The fraction of sp³-hybridized carbons (Fsp3) is 0.267. The Kier molecular flexibility index (Phi) is 3.58. The van der Waals surface area contributed by atoms with E-state index in [9.17, 15) is 4.79 Å². The molecular weight excluding hydrogens is 326 g/mol. The summed E-state index contributed by atoms with van der Waals surface area (Å²) in [5, 5.41) is 4.58. The van der Waals surface area contributed by atoms with Gasteiger partial charge in [0.2, 0.25) is 0 Å². The van der Waals surface area contributed by atoms with E-state index in [1.807, 2.05) is 25.2 Å². The van der Waals surface area contributed by atoms with Gasteiger partial charge in [-0.2, -0.15) is 13.8 Å². The molecule has 0 unspecified atom stereocenters. The van der Waals surface area contributed by atoms with E-state index >= 15 is 0 Å². The van der Waals surface area contributed by atoms with E-state index in [-0.39, 0.29) is 5.56 Å². The van der Waals surface area contributed by atoms with Gasteiger partial charge in [-0.05, 0) is 24.7 Å². The van der Waals surface area contributed by atoms with Crippen molar-refractivity contribution in [1.82, 2.24) is 33.4 Å². The van der Waals surface area contributed by atoms with Gasteiger partial charge in [-0.15, -0.1) is 0 Å². The maximum Gasteiger partial charge on any atom is 0.262 e. The van der Waals surface area contributed by atoms with Crippen molar-refractivity contribution < 1.29 is 0 Å². The molecule has 0 bridgehead atoms. The first-order valence-electron chi connectivity index (χ1n) is 7.41. The van der Waals surface area contributed by atoms with Gasteiger partial charge in [-0.3, -0.25) is 14.4 Å². The van der Waals surface area contributed by atoms with Crippen LogP contribution in [-0.2, 0) is 20.1 Å². The molecule has 4 rings (SSSR count). The Morgan fingerprint density at radius 1 is 1.25 bits per heavy atom. The maximum atomic E-state index is 12.1. The van der Waals surface area contributed by atoms with Crippen molar-refractivity contribution in [2.45, 2.75) is 13.1 Å². The minimum absolute atomic E-state index is 0.161. The second-order valence-corrected chi connectivity index (χ2v) is 6.31. The van der Waals surface area contributed by atoms with Crippen LogP contribution < -0.4 is 5.56 Å². The van der Waals surface area contributed by atoms with Crippen LogP contribution in [0.25, 0.3) is 22.1 Å². The lowest BCUT2D eigenvalue weighted by Gasteiger charge is -2.16. The topological polar surface area (TPSA) is 92.6 Å². The van der Waals surface area contributed by atoms with Crippen LogP contribution >= 0.6 is 11.7 Å². The number of aromatic amines is 1. The highest BCUT2D eigenvalue weighted by atomic mass is 32.1. The number of fused-ring (bicyclic) bond motifs is 2. The summed E-state index contributed by atoms with van der Waals surface area (Å²) >= 11 is 1.22. The molecule has 0 amide bonds. The van der Waals surface area contributed by atoms with Gasteiger partial charge in [0, 0.05) is 13.6 Å². The van der Waals surface area contributed by atoms with Crippen molar-refractivity contribution in [3.8, 4) is 0 Å². The van der Waals surface area contributed by atoms with Gasteiger partial charge < -0.3 is 4.98 Å². The number of hydrogen-bond acceptors (Lipinski definition) is 7. The van der Waals surface area contributed by atoms with Crippen molar-refractivity contribution in [3.63, 3.8) is 0 Å². The zero-order chi connectivity index (χ0) is 16.7. The van der Waals surface area contributed by atoms with Crippen molar-refractivity contribution in [2.24, 2.45) is 7.05 Å². The molecule has 4 aromatic rings. The smallest absolute Gasteiger partial charge is 0.262 e. The SMILES string of the molecule is CN(Cc1ccc2nsnc2c1)Cc1nc2c(cnn2C)c(=O)[nH]1. The Bertz CT molecular complexity index is 1080. The Morgan fingerprint density at radius 3 is 2.96 bits per heavy atom. The van der Waals surface area contributed by atoms with Crippen molar-refractivity contribution >= 4 is 33.8 Å². The second kappa shape index (κ2) is 5.77. The maximum absolute atomic E-state index is 12.1. The summed E-state index contributed by atoms with van der Waals surface area (Å²) in [4.78, 5) is 21.5. The minimum atomic E-state index is -0.161. The van der Waals surface area contributed by atoms with Crippen LogP contribution in [-0.4, -0.2) is 40.4 Å². The van der Waals surface area contributed by atoms with Crippen LogP contribution in [0.3, 0.4) is 0 Å². The van der Waals surface area contributed by atoms with Gasteiger partial charge in [0.05, 0.1) is 24.5 Å². The molecule has 1 N–H and O–H groups in total. The average molecular weight is 341 g/mol. The number of nitrogens with one attached hydrogen (secondary N) is 1. The summed E-state index contributed by atoms with van der Waals surface area (Å²) in [5.41, 5.74) is 3.40. The van der Waals surface area contributed by atoms with E-state index in [0.29, 0.717) is 23.4 Å². The molecule has 0 aliphatic heterocycles. The number of hydrogen-bond donors (Lipinski definition) is 1. The Labute approximate surface area is 141 Å². The number of rotatable bonds is 4. The number of H-pyrrole nitrogens is 1. The Morgan fingerprint density at radius 2 is 2.08 bits per heavy atom. The standard InChI is InChI=1S/C15H15N7OS/c1-21(7-9-3-4-11-12(5-9)20-24-19-11)8-13-17-14-10(15(23)18-13)6-16-22(14)2/h3-6H,7-8H2,1-2H3,(H,17,18,23). The Balaban J connectivity index is 1.56. The summed E-state index contributed by atoms with van der Waals surface area (Å²) in [6, 6.07) is 6.06. The summed E-state index contributed by atoms with van der Waals surface area (Å²) in [6.45, 7) is 1.25. The average Bonchev–Trinajstić information content (AvgIpc) is 3.14. The molecule has 0 aliphatic rings. The molecule has 8 nitrogen and oxygen atoms in total. The molecule has 0 spiro atoms. The molecule has 3 aromatic heterocycles. The third-order valence-corrected chi connectivity index (χ3v) is 4.40. The van der Waals surface area contributed by atoms with E-state index in [4.69, 9.17) is 0 Å². The normalized spacial score (nSPS) is 11.8. The van der Waals surface area contributed by atoms with Crippen LogP contribution in [0.2, 0.25) is 0 Å². The number of aryl methyl sites for hydroxylation is 1. The number of benzene rings is 1. The number of nitrogens with zero attached hydrogens (tertiary/aromatic N) is 6. The molecule has 0 aliphatic carbocycles. The highest BCUT2D eigenvalue weighted by Gasteiger charge is 2.10. The second-order valence-electron chi connectivity index (χ2n) is 5.78. The number of aromatic nitrogens is 6. The van der Waals surface area contributed by atoms with Crippen LogP contribution in [0, 0.1) is 0 Å². The van der Waals surface area contributed by atoms with E-state index in [2.05, 4.69) is 28.7 Å². The first-order chi connectivity index (χ1) is 11.6. The lowest BCUT2D eigenvalue weighted by molar-refractivity contribution is 0.310. The van der Waals surface area contributed by atoms with Gasteiger partial charge in [0.1, 0.15) is 22.2 Å². The monoisotopic (exact) mass is 341 g/mol. The van der Waals surface area contributed by atoms with Gasteiger partial charge >= 0.3 is 0 Å². The highest BCUT2D eigenvalue weighted by molar-refractivity contribution is 7.00. The third kappa shape index (κ3) is 2.68. The van der Waals surface area contributed by atoms with Gasteiger partial charge in [-0.1, -0.05) is 6.07 Å². The van der Waals surface area contributed by atoms with Crippen LogP contribution in [0.15, 0.2) is 29.2 Å². The summed E-state index contributed by atoms with van der Waals surface area (Å²) in [5.74, 6) is 0.620. The molecule has 1 aromatic carbocycles. The molecule has 24 heavy (non-hydrogen) atoms. The quantitative estimate of drug-likeness (QED) is 0.601. The first-order valence-corrected chi connectivity index (χ1v) is 8.14. The largest absolute Gasteiger partial charge is 0.309 e. The summed E-state index contributed by atoms with van der Waals surface area (Å²) in [6.07, 6.45) is 1.53. The zero-order valence-corrected chi connectivity index (χ0v) is 14.0. The van der Waals surface area contributed by atoms with Crippen molar-refractivity contribution in [2.75, 3.05) is 7.05 Å². The van der Waals surface area contributed by atoms with Crippen molar-refractivity contribution in [3.05, 3.63) is 46.1 Å². The van der Waals surface area contributed by atoms with Crippen molar-refractivity contribution in [1.29, 1.82) is 0 Å².